The van der Waals surface area contributed by atoms with E-state index in [9.17, 15) is 92.3 Å². The first-order valence-corrected chi connectivity index (χ1v) is 37.2. The number of hydrogen-bond donors (Lipinski definition) is 20. The summed E-state index contributed by atoms with van der Waals surface area (Å²) < 4.78 is 0. The fourth-order valence-electron chi connectivity index (χ4n) is 11.3. The number of carboxylic acid groups (broad SMARTS) is 3. The van der Waals surface area contributed by atoms with E-state index < -0.39 is 217 Å². The van der Waals surface area contributed by atoms with E-state index in [0.717, 1.165) is 35.4 Å². The highest BCUT2D eigenvalue weighted by Crippen LogP contribution is 2.26. The molecule has 5 rings (SSSR count). The summed E-state index contributed by atoms with van der Waals surface area (Å²) in [5, 5.41) is 73.5. The van der Waals surface area contributed by atoms with Crippen LogP contribution in [-0.2, 0) is 89.6 Å². The quantitative estimate of drug-likeness (QED) is 0.0347. The number of para-hydroxylation sites is 2. The van der Waals surface area contributed by atoms with Crippen LogP contribution in [0.1, 0.15) is 112 Å². The van der Waals surface area contributed by atoms with Crippen molar-refractivity contribution in [1.29, 1.82) is 0 Å². The minimum Gasteiger partial charge on any atom is -0.481 e. The zero-order chi connectivity index (χ0) is 79.5. The van der Waals surface area contributed by atoms with Gasteiger partial charge in [-0.3, -0.25) is 71.9 Å². The van der Waals surface area contributed by atoms with Crippen LogP contribution in [0.3, 0.4) is 0 Å². The van der Waals surface area contributed by atoms with Gasteiger partial charge in [-0.1, -0.05) is 99.5 Å². The van der Waals surface area contributed by atoms with Crippen LogP contribution >= 0.6 is 21.6 Å². The normalized spacial score (nSPS) is 23.2. The lowest BCUT2D eigenvalue weighted by atomic mass is 9.98. The summed E-state index contributed by atoms with van der Waals surface area (Å²) in [5.41, 5.74) is 8.17. The van der Waals surface area contributed by atoms with Crippen molar-refractivity contribution in [3.05, 3.63) is 72.1 Å². The molecule has 13 atom stereocenters. The smallest absolute Gasteiger partial charge is 0.328 e. The molecule has 1 saturated heterocycles. The van der Waals surface area contributed by atoms with E-state index in [0.29, 0.717) is 32.9 Å². The van der Waals surface area contributed by atoms with Crippen LogP contribution in [0.25, 0.3) is 21.8 Å². The highest BCUT2D eigenvalue weighted by atomic mass is 33.1. The van der Waals surface area contributed by atoms with Gasteiger partial charge in [-0.15, -0.1) is 0 Å². The molecule has 0 spiro atoms. The van der Waals surface area contributed by atoms with Gasteiger partial charge in [-0.2, -0.15) is 0 Å². The lowest BCUT2D eigenvalue weighted by Crippen LogP contribution is -2.61. The third-order valence-corrected chi connectivity index (χ3v) is 19.3. The number of aromatic nitrogens is 2. The fraction of sp³-hybridized carbons (Fsp3) is 0.536. The van der Waals surface area contributed by atoms with E-state index >= 15 is 4.79 Å². The van der Waals surface area contributed by atoms with Gasteiger partial charge in [0, 0.05) is 71.9 Å². The number of aliphatic carboxylic acids is 3. The summed E-state index contributed by atoms with van der Waals surface area (Å²) in [6, 6.07) is -5.86. The molecule has 21 N–H and O–H groups in total. The molecule has 0 aliphatic carbocycles. The van der Waals surface area contributed by atoms with Crippen molar-refractivity contribution in [2.75, 3.05) is 24.6 Å². The number of fused-ring (bicyclic) bond motifs is 2. The first-order valence-electron chi connectivity index (χ1n) is 34.7. The predicted octanol–water partition coefficient (Wildman–Crippen LogP) is -2.30. The highest BCUT2D eigenvalue weighted by Gasteiger charge is 2.39. The van der Waals surface area contributed by atoms with Crippen molar-refractivity contribution in [3.63, 3.8) is 0 Å². The number of carboxylic acids is 3. The van der Waals surface area contributed by atoms with Crippen LogP contribution in [-0.4, -0.2) is 228 Å². The second-order valence-corrected chi connectivity index (χ2v) is 29.7. The molecule has 586 valence electrons. The minimum absolute atomic E-state index is 0.0455. The van der Waals surface area contributed by atoms with Crippen LogP contribution in [0.4, 0.5) is 0 Å². The SMILES string of the molecule is CC(=O)N[C@@H](CC(=O)O)C(=O)N[C@H]1CSSC[C@@H](C(=O)N[C@H](C(=O)O)[C@@H](C)O)NC(=O)[C@H](Cc2c[nH]c3ccccc23)NC(=O)[C@H](C(C)C)NC(=O)[C@H](CC(C)C)NC(=O)[C@H](CCC(=O)O)NC(=O)CNC(=O)[C@H](CC(C)C)NC(=O)[C@H](CCN)NC(=O)[C@H](Cc2c[nH]c3ccccc23)NC(=O)[C@H](C)NC1=O. The molecule has 2 aromatic heterocycles. The first-order chi connectivity index (χ1) is 50.5. The molecule has 0 saturated carbocycles. The summed E-state index contributed by atoms with van der Waals surface area (Å²) in [5.74, 6) is -20.3. The summed E-state index contributed by atoms with van der Waals surface area (Å²) in [7, 11) is 1.48. The van der Waals surface area contributed by atoms with Crippen molar-refractivity contribution >= 4 is 138 Å². The second-order valence-electron chi connectivity index (χ2n) is 27.1. The third kappa shape index (κ3) is 27.8. The maximum atomic E-state index is 15.0. The number of amides is 13. The molecule has 36 nitrogen and oxygen atoms in total. The number of rotatable bonds is 23. The monoisotopic (exact) mass is 1530 g/mol. The number of aromatic amines is 2. The van der Waals surface area contributed by atoms with E-state index in [2.05, 4.69) is 79.1 Å². The molecule has 0 unspecified atom stereocenters. The first kappa shape index (κ1) is 87.3. The fourth-order valence-corrected chi connectivity index (χ4v) is 13.7. The molecule has 1 aliphatic heterocycles. The Bertz CT molecular complexity index is 3850. The van der Waals surface area contributed by atoms with Crippen LogP contribution < -0.4 is 74.9 Å². The van der Waals surface area contributed by atoms with Gasteiger partial charge in [-0.25, -0.2) is 4.79 Å². The second kappa shape index (κ2) is 42.1. The number of nitrogens with one attached hydrogen (secondary N) is 15. The van der Waals surface area contributed by atoms with E-state index in [1.807, 2.05) is 0 Å². The van der Waals surface area contributed by atoms with E-state index in [4.69, 9.17) is 5.73 Å². The van der Waals surface area contributed by atoms with Gasteiger partial charge in [0.2, 0.25) is 76.8 Å². The summed E-state index contributed by atoms with van der Waals surface area (Å²) in [6.07, 6.45) is -1.75. The highest BCUT2D eigenvalue weighted by molar-refractivity contribution is 8.76. The summed E-state index contributed by atoms with van der Waals surface area (Å²) >= 11 is 0. The van der Waals surface area contributed by atoms with Crippen molar-refractivity contribution in [3.8, 4) is 0 Å². The average molecular weight is 1540 g/mol. The number of hydrogen-bond acceptors (Lipinski definition) is 20. The third-order valence-electron chi connectivity index (χ3n) is 16.9. The van der Waals surface area contributed by atoms with Gasteiger partial charge in [-0.05, 0) is 87.1 Å². The van der Waals surface area contributed by atoms with Gasteiger partial charge in [0.25, 0.3) is 0 Å². The minimum atomic E-state index is -1.97. The Balaban J connectivity index is 1.65. The van der Waals surface area contributed by atoms with Crippen LogP contribution in [0.15, 0.2) is 60.9 Å². The Hall–Kier alpha value is -10.3. The van der Waals surface area contributed by atoms with Gasteiger partial charge in [0.1, 0.15) is 66.5 Å². The number of nitrogens with two attached hydrogens (primary N) is 1. The summed E-state index contributed by atoms with van der Waals surface area (Å²) in [6.45, 7) is 12.2. The molecule has 1 aliphatic rings. The largest absolute Gasteiger partial charge is 0.481 e. The topological polar surface area (TPSA) is 568 Å². The number of aliphatic hydroxyl groups is 1. The van der Waals surface area contributed by atoms with Crippen LogP contribution in [0, 0.1) is 17.8 Å². The van der Waals surface area contributed by atoms with Crippen molar-refractivity contribution in [2.24, 2.45) is 23.5 Å². The Kier molecular flexibility index (Phi) is 34.4. The number of carbonyl (C=O) groups excluding carboxylic acids is 13. The number of aliphatic hydroxyl groups excluding tert-OH is 1. The molecule has 3 heterocycles. The zero-order valence-electron chi connectivity index (χ0n) is 60.7. The Labute approximate surface area is 624 Å². The maximum absolute atomic E-state index is 15.0. The standard InChI is InChI=1S/C69H98N16O20S2/c1-32(2)22-46-59(94)73-29-53(88)76-44(18-19-54(89)90)60(95)80-47(23-33(3)4)65(100)84-56(34(5)6)68(103)81-49(25-39-28-72-43-17-13-11-15-41(39)43)63(98)83-52(67(102)85-57(36(8)86)69(104)105)31-107-106-30-51(82-64(99)50(26-55(91)92)75-37(9)87)66(101)74-35(7)58(93)78-48(62(97)77-45(20-21-70)61(96)79-46)24-38-27-71-42-16-12-10-14-40(38)42/h10-17,27-28,32-36,44-52,56-57,71-72,86H,18-26,29-31,70H2,1-9H3,(H,73,94)(H,74,101)(H,75,87)(H,76,88)(H,77,97)(H,78,93)(H,79,96)(H,80,95)(H,81,103)(H,82,99)(H,83,98)(H,84,100)(H,85,102)(H,89,90)(H,91,92)(H,104,105)/t35-,36+,44-,45-,46-,47-,48-,49-,50-,51-,52-,56-,57-/m0/s1. The maximum Gasteiger partial charge on any atom is 0.328 e. The van der Waals surface area contributed by atoms with Crippen LogP contribution in [0.2, 0.25) is 0 Å². The molecule has 38 heteroatoms. The van der Waals surface area contributed by atoms with E-state index in [-0.39, 0.29) is 50.5 Å². The van der Waals surface area contributed by atoms with E-state index in [1.165, 1.54) is 6.92 Å². The molecule has 13 amide bonds. The predicted molar refractivity (Wildman–Crippen MR) is 392 cm³/mol. The van der Waals surface area contributed by atoms with Gasteiger partial charge in [0.15, 0.2) is 6.04 Å². The van der Waals surface area contributed by atoms with Gasteiger partial charge >= 0.3 is 17.9 Å². The van der Waals surface area contributed by atoms with Crippen molar-refractivity contribution < 1.29 is 97.1 Å². The van der Waals surface area contributed by atoms with Crippen molar-refractivity contribution in [2.45, 2.75) is 192 Å². The number of carbonyl (C=O) groups is 16. The molecule has 107 heavy (non-hydrogen) atoms. The van der Waals surface area contributed by atoms with Crippen molar-refractivity contribution in [1.82, 2.24) is 79.1 Å². The molecule has 4 aromatic rings. The molecular formula is C69H98N16O20S2. The summed E-state index contributed by atoms with van der Waals surface area (Å²) in [4.78, 5) is 228. The Morgan fingerprint density at radius 2 is 1.04 bits per heavy atom. The Morgan fingerprint density at radius 3 is 1.54 bits per heavy atom. The molecule has 0 radical (unpaired) electrons. The zero-order valence-corrected chi connectivity index (χ0v) is 62.3. The molecule has 0 bridgehead atoms. The molecular weight excluding hydrogens is 1440 g/mol. The Morgan fingerprint density at radius 1 is 0.551 bits per heavy atom. The lowest BCUT2D eigenvalue weighted by molar-refractivity contribution is -0.145. The van der Waals surface area contributed by atoms with E-state index in [1.54, 1.807) is 102 Å². The average Bonchev–Trinajstić information content (AvgIpc) is 1.64. The van der Waals surface area contributed by atoms with Gasteiger partial charge < -0.3 is 105 Å². The number of benzene rings is 2. The van der Waals surface area contributed by atoms with Crippen LogP contribution in [0.5, 0.6) is 0 Å². The molecule has 1 fully saturated rings. The lowest BCUT2D eigenvalue weighted by Gasteiger charge is -2.29. The number of H-pyrrole nitrogens is 2. The molecule has 2 aromatic carbocycles. The van der Waals surface area contributed by atoms with Gasteiger partial charge in [0.05, 0.1) is 19.1 Å².